The summed E-state index contributed by atoms with van der Waals surface area (Å²) in [4.78, 5) is 0.157. The summed E-state index contributed by atoms with van der Waals surface area (Å²) >= 11 is 0. The number of hydrogen-bond acceptors (Lipinski definition) is 3. The van der Waals surface area contributed by atoms with Gasteiger partial charge in [0.1, 0.15) is 11.8 Å². The number of halogens is 1. The SMILES string of the molecule is Nc1ccc(S(=O)COCC2CC2)c(F)c1. The van der Waals surface area contributed by atoms with E-state index < -0.39 is 16.6 Å². The van der Waals surface area contributed by atoms with E-state index >= 15 is 0 Å². The van der Waals surface area contributed by atoms with Crippen molar-refractivity contribution in [2.24, 2.45) is 5.92 Å². The van der Waals surface area contributed by atoms with E-state index in [4.69, 9.17) is 10.5 Å². The lowest BCUT2D eigenvalue weighted by Crippen LogP contribution is -2.07. The average molecular weight is 243 g/mol. The van der Waals surface area contributed by atoms with Gasteiger partial charge in [0, 0.05) is 5.69 Å². The smallest absolute Gasteiger partial charge is 0.141 e. The fourth-order valence-electron chi connectivity index (χ4n) is 1.34. The van der Waals surface area contributed by atoms with E-state index in [2.05, 4.69) is 0 Å². The van der Waals surface area contributed by atoms with Crippen molar-refractivity contribution < 1.29 is 13.3 Å². The average Bonchev–Trinajstić information content (AvgIpc) is 3.01. The van der Waals surface area contributed by atoms with Crippen LogP contribution in [-0.2, 0) is 15.5 Å². The van der Waals surface area contributed by atoms with Gasteiger partial charge in [0.25, 0.3) is 0 Å². The number of hydrogen-bond donors (Lipinski definition) is 1. The van der Waals surface area contributed by atoms with E-state index in [1.54, 1.807) is 0 Å². The van der Waals surface area contributed by atoms with Crippen molar-refractivity contribution in [3.8, 4) is 0 Å². The first kappa shape index (κ1) is 11.5. The summed E-state index contributed by atoms with van der Waals surface area (Å²) in [6, 6.07) is 4.16. The molecule has 1 atom stereocenters. The molecule has 0 saturated heterocycles. The van der Waals surface area contributed by atoms with Gasteiger partial charge in [-0.15, -0.1) is 0 Å². The topological polar surface area (TPSA) is 52.3 Å². The monoisotopic (exact) mass is 243 g/mol. The van der Waals surface area contributed by atoms with Gasteiger partial charge in [0.2, 0.25) is 0 Å². The first-order valence-electron chi connectivity index (χ1n) is 5.18. The minimum atomic E-state index is -1.44. The zero-order valence-corrected chi connectivity index (χ0v) is 9.63. The van der Waals surface area contributed by atoms with Crippen molar-refractivity contribution in [1.29, 1.82) is 0 Å². The molecule has 2 rings (SSSR count). The van der Waals surface area contributed by atoms with Gasteiger partial charge in [0.15, 0.2) is 0 Å². The van der Waals surface area contributed by atoms with E-state index in [0.717, 1.165) is 0 Å². The van der Waals surface area contributed by atoms with Crippen LogP contribution in [0, 0.1) is 11.7 Å². The first-order chi connectivity index (χ1) is 7.66. The molecule has 0 spiro atoms. The molecule has 1 aliphatic rings. The van der Waals surface area contributed by atoms with Gasteiger partial charge in [0.05, 0.1) is 22.3 Å². The second-order valence-electron chi connectivity index (χ2n) is 3.97. The highest BCUT2D eigenvalue weighted by atomic mass is 32.2. The Balaban J connectivity index is 1.91. The van der Waals surface area contributed by atoms with Crippen LogP contribution >= 0.6 is 0 Å². The van der Waals surface area contributed by atoms with Gasteiger partial charge in [-0.2, -0.15) is 0 Å². The normalized spacial score (nSPS) is 17.3. The Morgan fingerprint density at radius 3 is 2.88 bits per heavy atom. The molecule has 0 radical (unpaired) electrons. The molecule has 1 aromatic rings. The van der Waals surface area contributed by atoms with Crippen molar-refractivity contribution >= 4 is 16.5 Å². The fraction of sp³-hybridized carbons (Fsp3) is 0.455. The first-order valence-corrected chi connectivity index (χ1v) is 6.50. The Morgan fingerprint density at radius 1 is 1.50 bits per heavy atom. The van der Waals surface area contributed by atoms with Crippen LogP contribution in [0.2, 0.25) is 0 Å². The summed E-state index contributed by atoms with van der Waals surface area (Å²) in [7, 11) is -1.44. The lowest BCUT2D eigenvalue weighted by Gasteiger charge is -2.05. The third kappa shape index (κ3) is 3.02. The molecule has 0 amide bonds. The Labute approximate surface area is 96.2 Å². The summed E-state index contributed by atoms with van der Waals surface area (Å²) in [5.74, 6) is 0.138. The van der Waals surface area contributed by atoms with Crippen LogP contribution in [0.5, 0.6) is 0 Å². The fourth-order valence-corrected chi connectivity index (χ4v) is 2.21. The zero-order chi connectivity index (χ0) is 11.5. The Hall–Kier alpha value is -0.940. The van der Waals surface area contributed by atoms with Crippen LogP contribution < -0.4 is 5.73 Å². The molecule has 1 aromatic carbocycles. The molecule has 1 aliphatic carbocycles. The van der Waals surface area contributed by atoms with E-state index in [9.17, 15) is 8.60 Å². The van der Waals surface area contributed by atoms with Gasteiger partial charge >= 0.3 is 0 Å². The third-order valence-corrected chi connectivity index (χ3v) is 3.64. The molecule has 0 aliphatic heterocycles. The number of rotatable bonds is 5. The molecule has 1 fully saturated rings. The largest absolute Gasteiger partial charge is 0.399 e. The zero-order valence-electron chi connectivity index (χ0n) is 8.82. The molecule has 0 bridgehead atoms. The van der Waals surface area contributed by atoms with Gasteiger partial charge in [-0.05, 0) is 37.0 Å². The number of ether oxygens (including phenoxy) is 1. The molecular formula is C11H14FNO2S. The van der Waals surface area contributed by atoms with Gasteiger partial charge < -0.3 is 10.5 Å². The van der Waals surface area contributed by atoms with Crippen molar-refractivity contribution in [3.05, 3.63) is 24.0 Å². The highest BCUT2D eigenvalue weighted by Gasteiger charge is 2.21. The van der Waals surface area contributed by atoms with Gasteiger partial charge in [-0.3, -0.25) is 4.21 Å². The van der Waals surface area contributed by atoms with E-state index in [1.165, 1.54) is 31.0 Å². The maximum absolute atomic E-state index is 13.4. The van der Waals surface area contributed by atoms with E-state index in [-0.39, 0.29) is 10.8 Å². The summed E-state index contributed by atoms with van der Waals surface area (Å²) in [5, 5.41) is 0. The maximum atomic E-state index is 13.4. The number of benzene rings is 1. The predicted octanol–water partition coefficient (Wildman–Crippen LogP) is 1.90. The quantitative estimate of drug-likeness (QED) is 0.804. The Morgan fingerprint density at radius 2 is 2.25 bits per heavy atom. The molecule has 3 nitrogen and oxygen atoms in total. The van der Waals surface area contributed by atoms with Crippen LogP contribution in [0.4, 0.5) is 10.1 Å². The maximum Gasteiger partial charge on any atom is 0.141 e. The van der Waals surface area contributed by atoms with Crippen LogP contribution in [0.3, 0.4) is 0 Å². The Kier molecular flexibility index (Phi) is 3.56. The molecule has 0 heterocycles. The van der Waals surface area contributed by atoms with E-state index in [0.29, 0.717) is 18.2 Å². The van der Waals surface area contributed by atoms with Crippen LogP contribution in [-0.4, -0.2) is 16.8 Å². The van der Waals surface area contributed by atoms with Crippen LogP contribution in [0.1, 0.15) is 12.8 Å². The molecule has 16 heavy (non-hydrogen) atoms. The minimum Gasteiger partial charge on any atom is -0.399 e. The second kappa shape index (κ2) is 4.93. The van der Waals surface area contributed by atoms with Crippen molar-refractivity contribution in [2.45, 2.75) is 17.7 Å². The summed E-state index contributed by atoms with van der Waals surface area (Å²) < 4.78 is 30.3. The summed E-state index contributed by atoms with van der Waals surface area (Å²) in [6.07, 6.45) is 2.37. The third-order valence-electron chi connectivity index (χ3n) is 2.44. The predicted molar refractivity (Wildman–Crippen MR) is 60.8 cm³/mol. The van der Waals surface area contributed by atoms with Crippen molar-refractivity contribution in [2.75, 3.05) is 18.3 Å². The number of anilines is 1. The van der Waals surface area contributed by atoms with Gasteiger partial charge in [-0.25, -0.2) is 4.39 Å². The number of nitrogen functional groups attached to an aromatic ring is 1. The molecule has 2 N–H and O–H groups in total. The van der Waals surface area contributed by atoms with Gasteiger partial charge in [-0.1, -0.05) is 0 Å². The standard InChI is InChI=1S/C11H14FNO2S/c12-10-5-9(13)3-4-11(10)16(14)7-15-6-8-1-2-8/h3-5,8H,1-2,6-7,13H2. The molecule has 1 unspecified atom stereocenters. The Bertz CT molecular complexity index is 407. The second-order valence-corrected chi connectivity index (χ2v) is 5.33. The summed E-state index contributed by atoms with van der Waals surface area (Å²) in [5.41, 5.74) is 5.74. The lowest BCUT2D eigenvalue weighted by molar-refractivity contribution is 0.168. The molecule has 5 heteroatoms. The molecular weight excluding hydrogens is 229 g/mol. The van der Waals surface area contributed by atoms with Crippen molar-refractivity contribution in [3.63, 3.8) is 0 Å². The molecule has 88 valence electrons. The number of nitrogens with two attached hydrogens (primary N) is 1. The molecule has 1 saturated carbocycles. The minimum absolute atomic E-state index is 0.0529. The summed E-state index contributed by atoms with van der Waals surface area (Å²) in [6.45, 7) is 0.627. The highest BCUT2D eigenvalue weighted by Crippen LogP contribution is 2.29. The van der Waals surface area contributed by atoms with Crippen LogP contribution in [0.15, 0.2) is 23.1 Å². The van der Waals surface area contributed by atoms with E-state index in [1.807, 2.05) is 0 Å². The van der Waals surface area contributed by atoms with Crippen LogP contribution in [0.25, 0.3) is 0 Å². The highest BCUT2D eigenvalue weighted by molar-refractivity contribution is 7.84. The lowest BCUT2D eigenvalue weighted by atomic mass is 10.3. The molecule has 0 aromatic heterocycles. The van der Waals surface area contributed by atoms with Crippen molar-refractivity contribution in [1.82, 2.24) is 0 Å².